The molecular weight excluding hydrogens is 232 g/mol. The average molecular weight is 243 g/mol. The Bertz CT molecular complexity index is 571. The number of hydrogen-bond acceptors (Lipinski definition) is 2. The van der Waals surface area contributed by atoms with Gasteiger partial charge in [0, 0.05) is 12.1 Å². The lowest BCUT2D eigenvalue weighted by Gasteiger charge is -2.09. The number of anilines is 1. The van der Waals surface area contributed by atoms with Gasteiger partial charge in [0.2, 0.25) is 0 Å². The van der Waals surface area contributed by atoms with Gasteiger partial charge in [-0.2, -0.15) is 5.26 Å². The Morgan fingerprint density at radius 2 is 1.82 bits per heavy atom. The maximum Gasteiger partial charge on any atom is 0.101 e. The van der Waals surface area contributed by atoms with E-state index in [1.165, 1.54) is 0 Å². The smallest absolute Gasteiger partial charge is 0.101 e. The van der Waals surface area contributed by atoms with Gasteiger partial charge in [0.15, 0.2) is 0 Å². The SMILES string of the molecule is N#Cc1ccc(N)c(Cc2ccccc2)c1Cl. The first kappa shape index (κ1) is 11.5. The molecule has 84 valence electrons. The van der Waals surface area contributed by atoms with Crippen LogP contribution in [0, 0.1) is 11.3 Å². The van der Waals surface area contributed by atoms with Gasteiger partial charge in [-0.05, 0) is 23.3 Å². The van der Waals surface area contributed by atoms with E-state index in [1.54, 1.807) is 12.1 Å². The van der Waals surface area contributed by atoms with Gasteiger partial charge < -0.3 is 5.73 Å². The van der Waals surface area contributed by atoms with Crippen LogP contribution in [0.25, 0.3) is 0 Å². The highest BCUT2D eigenvalue weighted by molar-refractivity contribution is 6.32. The number of benzene rings is 2. The van der Waals surface area contributed by atoms with Crippen LogP contribution in [-0.2, 0) is 6.42 Å². The highest BCUT2D eigenvalue weighted by atomic mass is 35.5. The van der Waals surface area contributed by atoms with E-state index in [1.807, 2.05) is 30.3 Å². The normalized spacial score (nSPS) is 9.88. The minimum absolute atomic E-state index is 0.455. The van der Waals surface area contributed by atoms with Gasteiger partial charge in [0.05, 0.1) is 10.6 Å². The zero-order valence-electron chi connectivity index (χ0n) is 9.15. The molecule has 0 heterocycles. The first-order valence-corrected chi connectivity index (χ1v) is 5.61. The number of halogens is 1. The second kappa shape index (κ2) is 4.90. The average Bonchev–Trinajstić information content (AvgIpc) is 2.36. The van der Waals surface area contributed by atoms with Crippen LogP contribution in [-0.4, -0.2) is 0 Å². The van der Waals surface area contributed by atoms with Crippen molar-refractivity contribution in [2.45, 2.75) is 6.42 Å². The van der Waals surface area contributed by atoms with Crippen LogP contribution in [0.1, 0.15) is 16.7 Å². The Kier molecular flexibility index (Phi) is 3.32. The summed E-state index contributed by atoms with van der Waals surface area (Å²) in [5.41, 5.74) is 8.92. The lowest BCUT2D eigenvalue weighted by Crippen LogP contribution is -1.98. The van der Waals surface area contributed by atoms with Gasteiger partial charge in [-0.1, -0.05) is 41.9 Å². The summed E-state index contributed by atoms with van der Waals surface area (Å²) in [6.45, 7) is 0. The van der Waals surface area contributed by atoms with Gasteiger partial charge in [-0.3, -0.25) is 0 Å². The van der Waals surface area contributed by atoms with Crippen molar-refractivity contribution < 1.29 is 0 Å². The van der Waals surface area contributed by atoms with Crippen molar-refractivity contribution in [1.29, 1.82) is 5.26 Å². The molecule has 0 saturated heterocycles. The summed E-state index contributed by atoms with van der Waals surface area (Å²) in [5.74, 6) is 0. The van der Waals surface area contributed by atoms with Gasteiger partial charge in [-0.25, -0.2) is 0 Å². The van der Waals surface area contributed by atoms with Gasteiger partial charge in [0.1, 0.15) is 6.07 Å². The molecule has 0 aromatic heterocycles. The first-order valence-electron chi connectivity index (χ1n) is 5.23. The molecule has 17 heavy (non-hydrogen) atoms. The van der Waals surface area contributed by atoms with Crippen molar-refractivity contribution in [3.63, 3.8) is 0 Å². The van der Waals surface area contributed by atoms with E-state index in [0.717, 1.165) is 11.1 Å². The number of nitrogens with zero attached hydrogens (tertiary/aromatic N) is 1. The van der Waals surface area contributed by atoms with E-state index in [4.69, 9.17) is 22.6 Å². The number of nitrogens with two attached hydrogens (primary N) is 1. The van der Waals surface area contributed by atoms with Crippen LogP contribution in [0.2, 0.25) is 5.02 Å². The Morgan fingerprint density at radius 1 is 1.12 bits per heavy atom. The molecule has 3 heteroatoms. The van der Waals surface area contributed by atoms with Crippen molar-refractivity contribution in [2.75, 3.05) is 5.73 Å². The van der Waals surface area contributed by atoms with E-state index in [9.17, 15) is 0 Å². The van der Waals surface area contributed by atoms with Crippen molar-refractivity contribution in [2.24, 2.45) is 0 Å². The Labute approximate surface area is 105 Å². The van der Waals surface area contributed by atoms with Crippen molar-refractivity contribution in [1.82, 2.24) is 0 Å². The molecule has 2 rings (SSSR count). The lowest BCUT2D eigenvalue weighted by atomic mass is 10.0. The van der Waals surface area contributed by atoms with Gasteiger partial charge in [0.25, 0.3) is 0 Å². The summed E-state index contributed by atoms with van der Waals surface area (Å²) in [6, 6.07) is 15.3. The highest BCUT2D eigenvalue weighted by Crippen LogP contribution is 2.28. The van der Waals surface area contributed by atoms with Crippen molar-refractivity contribution in [3.8, 4) is 6.07 Å². The predicted molar refractivity (Wildman–Crippen MR) is 69.8 cm³/mol. The van der Waals surface area contributed by atoms with Crippen LogP contribution in [0.15, 0.2) is 42.5 Å². The molecule has 0 aliphatic heterocycles. The molecule has 2 nitrogen and oxygen atoms in total. The molecule has 2 N–H and O–H groups in total. The second-order valence-electron chi connectivity index (χ2n) is 3.77. The third-order valence-electron chi connectivity index (χ3n) is 2.62. The van der Waals surface area contributed by atoms with E-state index >= 15 is 0 Å². The number of nitriles is 1. The molecule has 2 aromatic rings. The topological polar surface area (TPSA) is 49.8 Å². The molecule has 0 bridgehead atoms. The fraction of sp³-hybridized carbons (Fsp3) is 0.0714. The maximum absolute atomic E-state index is 8.92. The fourth-order valence-corrected chi connectivity index (χ4v) is 1.98. The molecule has 0 atom stereocenters. The minimum Gasteiger partial charge on any atom is -0.398 e. The summed E-state index contributed by atoms with van der Waals surface area (Å²) < 4.78 is 0. The molecule has 0 unspecified atom stereocenters. The third-order valence-corrected chi connectivity index (χ3v) is 3.06. The summed E-state index contributed by atoms with van der Waals surface area (Å²) in [4.78, 5) is 0. The molecule has 0 saturated carbocycles. The molecule has 0 spiro atoms. The van der Waals surface area contributed by atoms with Crippen LogP contribution >= 0.6 is 11.6 Å². The van der Waals surface area contributed by atoms with Crippen molar-refractivity contribution >= 4 is 17.3 Å². The van der Waals surface area contributed by atoms with E-state index in [0.29, 0.717) is 22.7 Å². The molecule has 2 aromatic carbocycles. The quantitative estimate of drug-likeness (QED) is 0.821. The van der Waals surface area contributed by atoms with E-state index in [-0.39, 0.29) is 0 Å². The zero-order chi connectivity index (χ0) is 12.3. The van der Waals surface area contributed by atoms with E-state index < -0.39 is 0 Å². The summed E-state index contributed by atoms with van der Waals surface area (Å²) in [5, 5.41) is 9.38. The van der Waals surface area contributed by atoms with Gasteiger partial charge >= 0.3 is 0 Å². The molecule has 0 radical (unpaired) electrons. The Balaban J connectivity index is 2.43. The minimum atomic E-state index is 0.455. The maximum atomic E-state index is 8.92. The number of nitrogen functional groups attached to an aromatic ring is 1. The van der Waals surface area contributed by atoms with Crippen LogP contribution in [0.4, 0.5) is 5.69 Å². The van der Waals surface area contributed by atoms with Crippen molar-refractivity contribution in [3.05, 3.63) is 64.2 Å². The second-order valence-corrected chi connectivity index (χ2v) is 4.15. The molecular formula is C14H11ClN2. The fourth-order valence-electron chi connectivity index (χ4n) is 1.70. The predicted octanol–water partition coefficient (Wildman–Crippen LogP) is 3.38. The van der Waals surface area contributed by atoms with Crippen LogP contribution in [0.5, 0.6) is 0 Å². The summed E-state index contributed by atoms with van der Waals surface area (Å²) in [7, 11) is 0. The van der Waals surface area contributed by atoms with Crippen LogP contribution < -0.4 is 5.73 Å². The Morgan fingerprint density at radius 3 is 2.47 bits per heavy atom. The zero-order valence-corrected chi connectivity index (χ0v) is 9.91. The Hall–Kier alpha value is -1.98. The standard InChI is InChI=1S/C14H11ClN2/c15-14-11(9-16)6-7-13(17)12(14)8-10-4-2-1-3-5-10/h1-7H,8,17H2. The summed E-state index contributed by atoms with van der Waals surface area (Å²) >= 11 is 6.16. The molecule has 0 aliphatic rings. The van der Waals surface area contributed by atoms with E-state index in [2.05, 4.69) is 6.07 Å². The third kappa shape index (κ3) is 2.41. The number of hydrogen-bond donors (Lipinski definition) is 1. The summed E-state index contributed by atoms with van der Waals surface area (Å²) in [6.07, 6.45) is 0.640. The number of rotatable bonds is 2. The van der Waals surface area contributed by atoms with Gasteiger partial charge in [-0.15, -0.1) is 0 Å². The monoisotopic (exact) mass is 242 g/mol. The van der Waals surface area contributed by atoms with Crippen LogP contribution in [0.3, 0.4) is 0 Å². The molecule has 0 fully saturated rings. The lowest BCUT2D eigenvalue weighted by molar-refractivity contribution is 1.19. The highest BCUT2D eigenvalue weighted by Gasteiger charge is 2.10. The molecule has 0 amide bonds. The largest absolute Gasteiger partial charge is 0.398 e. The first-order chi connectivity index (χ1) is 8.22. The molecule has 0 aliphatic carbocycles.